The smallest absolute Gasteiger partial charge is 0.126 e. The number of hydrogen-bond acceptors (Lipinski definition) is 5. The Hall–Kier alpha value is -3.58. The van der Waals surface area contributed by atoms with Gasteiger partial charge in [-0.05, 0) is 49.1 Å². The molecule has 0 bridgehead atoms. The van der Waals surface area contributed by atoms with Crippen molar-refractivity contribution in [1.82, 2.24) is 14.7 Å². The van der Waals surface area contributed by atoms with Gasteiger partial charge in [-0.15, -0.1) is 0 Å². The van der Waals surface area contributed by atoms with Gasteiger partial charge in [-0.1, -0.05) is 18.7 Å². The summed E-state index contributed by atoms with van der Waals surface area (Å²) in [5, 5.41) is 4.29. The summed E-state index contributed by atoms with van der Waals surface area (Å²) < 4.78 is 16.1. The van der Waals surface area contributed by atoms with E-state index in [9.17, 15) is 4.39 Å². The minimum atomic E-state index is -0.282. The van der Waals surface area contributed by atoms with E-state index in [0.717, 1.165) is 22.4 Å². The number of halogens is 1. The van der Waals surface area contributed by atoms with Crippen LogP contribution in [0.5, 0.6) is 0 Å². The minimum Gasteiger partial charge on any atom is -0.337 e. The Kier molecular flexibility index (Phi) is 6.54. The van der Waals surface area contributed by atoms with Crippen molar-refractivity contribution in [3.05, 3.63) is 102 Å². The lowest BCUT2D eigenvalue weighted by Crippen LogP contribution is -2.25. The zero-order valence-corrected chi connectivity index (χ0v) is 17.2. The molecule has 1 atom stereocenters. The van der Waals surface area contributed by atoms with Crippen LogP contribution in [-0.4, -0.2) is 33.8 Å². The third-order valence-corrected chi connectivity index (χ3v) is 4.79. The predicted molar refractivity (Wildman–Crippen MR) is 120 cm³/mol. The molecule has 0 radical (unpaired) electrons. The van der Waals surface area contributed by atoms with Gasteiger partial charge >= 0.3 is 0 Å². The molecule has 2 N–H and O–H groups in total. The number of hydrogen-bond donors (Lipinski definition) is 1. The maximum Gasteiger partial charge on any atom is 0.126 e. The molecule has 1 aliphatic heterocycles. The second kappa shape index (κ2) is 9.28. The number of nitrogens with two attached hydrogens (primary N) is 1. The van der Waals surface area contributed by atoms with Crippen LogP contribution in [0.4, 0.5) is 4.39 Å². The number of aryl methyl sites for hydroxylation is 2. The van der Waals surface area contributed by atoms with E-state index in [-0.39, 0.29) is 18.5 Å². The molecule has 30 heavy (non-hydrogen) atoms. The molecule has 1 aromatic carbocycles. The first-order valence-corrected chi connectivity index (χ1v) is 9.43. The maximum atomic E-state index is 14.4. The SMILES string of the molecule is C=N/C=C\C(=N/CN)C1=CC(=C)N(C(c2ccc(C)c(F)c2)c2cnn(C)c2)C=C1. The summed E-state index contributed by atoms with van der Waals surface area (Å²) in [7, 11) is 1.85. The molecule has 1 unspecified atom stereocenters. The van der Waals surface area contributed by atoms with Crippen molar-refractivity contribution in [3.63, 3.8) is 0 Å². The fraction of sp³-hybridized carbons (Fsp3) is 0.174. The van der Waals surface area contributed by atoms with Gasteiger partial charge in [0, 0.05) is 42.5 Å². The largest absolute Gasteiger partial charge is 0.337 e. The van der Waals surface area contributed by atoms with E-state index in [0.29, 0.717) is 11.3 Å². The normalized spacial score (nSPS) is 15.6. The van der Waals surface area contributed by atoms with E-state index in [2.05, 4.69) is 28.4 Å². The Labute approximate surface area is 175 Å². The van der Waals surface area contributed by atoms with Crippen LogP contribution >= 0.6 is 0 Å². The topological polar surface area (TPSA) is 71.8 Å². The Morgan fingerprint density at radius 2 is 2.17 bits per heavy atom. The highest BCUT2D eigenvalue weighted by atomic mass is 19.1. The van der Waals surface area contributed by atoms with Crippen LogP contribution in [-0.2, 0) is 7.05 Å². The van der Waals surface area contributed by atoms with Crippen molar-refractivity contribution < 1.29 is 4.39 Å². The summed E-state index contributed by atoms with van der Waals surface area (Å²) in [4.78, 5) is 10.0. The minimum absolute atomic E-state index is 0.152. The molecule has 6 nitrogen and oxygen atoms in total. The van der Waals surface area contributed by atoms with Crippen LogP contribution in [0, 0.1) is 12.7 Å². The molecular weight excluding hydrogens is 379 g/mol. The van der Waals surface area contributed by atoms with Gasteiger partial charge in [0.2, 0.25) is 0 Å². The molecule has 7 heteroatoms. The van der Waals surface area contributed by atoms with Crippen molar-refractivity contribution in [2.24, 2.45) is 22.8 Å². The predicted octanol–water partition coefficient (Wildman–Crippen LogP) is 3.80. The molecule has 0 spiro atoms. The fourth-order valence-corrected chi connectivity index (χ4v) is 3.31. The Morgan fingerprint density at radius 3 is 2.77 bits per heavy atom. The van der Waals surface area contributed by atoms with Gasteiger partial charge < -0.3 is 10.6 Å². The fourth-order valence-electron chi connectivity index (χ4n) is 3.31. The van der Waals surface area contributed by atoms with Crippen LogP contribution < -0.4 is 5.73 Å². The summed E-state index contributed by atoms with van der Waals surface area (Å²) >= 11 is 0. The van der Waals surface area contributed by atoms with Gasteiger partial charge in [0.05, 0.1) is 24.6 Å². The molecule has 2 aromatic rings. The molecule has 1 aliphatic rings. The quantitative estimate of drug-likeness (QED) is 0.714. The van der Waals surface area contributed by atoms with Gasteiger partial charge in [0.25, 0.3) is 0 Å². The average molecular weight is 404 g/mol. The third kappa shape index (κ3) is 4.52. The Morgan fingerprint density at radius 1 is 1.37 bits per heavy atom. The molecule has 2 heterocycles. The van der Waals surface area contributed by atoms with Crippen molar-refractivity contribution in [1.29, 1.82) is 0 Å². The molecule has 1 aromatic heterocycles. The lowest BCUT2D eigenvalue weighted by Gasteiger charge is -2.33. The van der Waals surface area contributed by atoms with E-state index in [1.807, 2.05) is 42.6 Å². The van der Waals surface area contributed by atoms with E-state index in [1.165, 1.54) is 0 Å². The van der Waals surface area contributed by atoms with Gasteiger partial charge in [-0.25, -0.2) is 4.39 Å². The van der Waals surface area contributed by atoms with Gasteiger partial charge in [0.15, 0.2) is 0 Å². The molecule has 0 saturated carbocycles. The number of aliphatic imine (C=N–C) groups is 2. The second-order valence-electron chi connectivity index (χ2n) is 6.90. The monoisotopic (exact) mass is 404 g/mol. The molecule has 0 fully saturated rings. The number of aromatic nitrogens is 2. The highest BCUT2D eigenvalue weighted by Gasteiger charge is 2.25. The number of benzene rings is 1. The number of nitrogens with zero attached hydrogens (tertiary/aromatic N) is 5. The van der Waals surface area contributed by atoms with E-state index in [1.54, 1.807) is 42.2 Å². The number of allylic oxidation sites excluding steroid dienone is 4. The average Bonchev–Trinajstić information content (AvgIpc) is 3.15. The standard InChI is InChI=1S/C23H25FN6/c1-16-5-6-19(12-21(16)24)23(20-13-28-29(4)14-20)30-10-8-18(11-17(30)2)22(27-15-25)7-9-26-3/h5-14,23H,2-3,15,25H2,1,4H3/b9-7-,27-22+. The van der Waals surface area contributed by atoms with E-state index >= 15 is 0 Å². The molecule has 0 aliphatic carbocycles. The molecule has 154 valence electrons. The summed E-state index contributed by atoms with van der Waals surface area (Å²) in [6.45, 7) is 9.56. The summed E-state index contributed by atoms with van der Waals surface area (Å²) in [6, 6.07) is 4.99. The van der Waals surface area contributed by atoms with Crippen LogP contribution in [0.3, 0.4) is 0 Å². The first-order valence-electron chi connectivity index (χ1n) is 9.43. The van der Waals surface area contributed by atoms with Crippen molar-refractivity contribution in [2.75, 3.05) is 6.67 Å². The van der Waals surface area contributed by atoms with Crippen LogP contribution in [0.1, 0.15) is 22.7 Å². The van der Waals surface area contributed by atoms with E-state index < -0.39 is 0 Å². The molecule has 3 rings (SSSR count). The van der Waals surface area contributed by atoms with Crippen molar-refractivity contribution >= 4 is 12.4 Å². The highest BCUT2D eigenvalue weighted by Crippen LogP contribution is 2.34. The van der Waals surface area contributed by atoms with Crippen LogP contribution in [0.25, 0.3) is 0 Å². The Balaban J connectivity index is 2.01. The lowest BCUT2D eigenvalue weighted by atomic mass is 9.96. The van der Waals surface area contributed by atoms with Gasteiger partial charge in [0.1, 0.15) is 5.82 Å². The second-order valence-corrected chi connectivity index (χ2v) is 6.90. The number of rotatable bonds is 7. The maximum absolute atomic E-state index is 14.4. The highest BCUT2D eigenvalue weighted by molar-refractivity contribution is 6.10. The van der Waals surface area contributed by atoms with Crippen LogP contribution in [0.15, 0.2) is 89.1 Å². The van der Waals surface area contributed by atoms with E-state index in [4.69, 9.17) is 5.73 Å². The zero-order valence-electron chi connectivity index (χ0n) is 17.2. The van der Waals surface area contributed by atoms with Crippen molar-refractivity contribution in [2.45, 2.75) is 13.0 Å². The van der Waals surface area contributed by atoms with Crippen LogP contribution in [0.2, 0.25) is 0 Å². The third-order valence-electron chi connectivity index (χ3n) is 4.79. The Bertz CT molecular complexity index is 1070. The summed E-state index contributed by atoms with van der Waals surface area (Å²) in [5.41, 5.74) is 10.2. The molecule has 0 saturated heterocycles. The lowest BCUT2D eigenvalue weighted by molar-refractivity contribution is 0.401. The van der Waals surface area contributed by atoms with Gasteiger partial charge in [-0.3, -0.25) is 14.7 Å². The summed E-state index contributed by atoms with van der Waals surface area (Å²) in [6.07, 6.45) is 12.7. The molecular formula is C23H25FN6. The first-order chi connectivity index (χ1) is 14.4. The summed E-state index contributed by atoms with van der Waals surface area (Å²) in [5.74, 6) is -0.247. The first kappa shape index (κ1) is 21.1. The molecule has 0 amide bonds. The van der Waals surface area contributed by atoms with Crippen molar-refractivity contribution in [3.8, 4) is 0 Å². The van der Waals surface area contributed by atoms with Gasteiger partial charge in [-0.2, -0.15) is 5.10 Å². The zero-order chi connectivity index (χ0) is 21.7.